The van der Waals surface area contributed by atoms with E-state index < -0.39 is 0 Å². The molecule has 49 heavy (non-hydrogen) atoms. The van der Waals surface area contributed by atoms with Crippen molar-refractivity contribution in [2.45, 2.75) is 247 Å². The Balaban J connectivity index is -0.000000317. The molecule has 0 radical (unpaired) electrons. The first-order chi connectivity index (χ1) is 24.1. The van der Waals surface area contributed by atoms with Crippen molar-refractivity contribution >= 4 is 12.9 Å². The lowest BCUT2D eigenvalue weighted by molar-refractivity contribution is -0.134. The highest BCUT2D eigenvalue weighted by Crippen LogP contribution is 2.15. The van der Waals surface area contributed by atoms with Gasteiger partial charge in [0.05, 0.1) is 6.61 Å². The number of hydrogen-bond donors (Lipinski definition) is 0. The van der Waals surface area contributed by atoms with Crippen molar-refractivity contribution in [1.82, 2.24) is 4.90 Å². The Labute approximate surface area is 310 Å². The molecule has 5 nitrogen and oxygen atoms in total. The van der Waals surface area contributed by atoms with Crippen LogP contribution in [0.1, 0.15) is 241 Å². The smallest absolute Gasteiger partial charge is 0.293 e. The Morgan fingerprint density at radius 2 is 0.735 bits per heavy atom. The molecule has 0 bridgehead atoms. The van der Waals surface area contributed by atoms with Gasteiger partial charge < -0.3 is 14.4 Å². The number of carbonyl (C=O) groups is 2. The first-order valence-electron chi connectivity index (χ1n) is 21.9. The van der Waals surface area contributed by atoms with Gasteiger partial charge in [0.1, 0.15) is 6.10 Å². The van der Waals surface area contributed by atoms with Crippen LogP contribution in [0, 0.1) is 0 Å². The molecule has 0 saturated heterocycles. The molecule has 1 atom stereocenters. The van der Waals surface area contributed by atoms with E-state index >= 15 is 0 Å². The maximum atomic E-state index is 10.4. The largest absolute Gasteiger partial charge is 0.468 e. The van der Waals surface area contributed by atoms with Crippen molar-refractivity contribution in [3.05, 3.63) is 0 Å². The monoisotopic (exact) mass is 700 g/mol. The van der Waals surface area contributed by atoms with Gasteiger partial charge >= 0.3 is 0 Å². The minimum Gasteiger partial charge on any atom is -0.468 e. The molecular weight excluding hydrogens is 606 g/mol. The number of ether oxygens (including phenoxy) is 2. The van der Waals surface area contributed by atoms with Gasteiger partial charge in [-0.2, -0.15) is 0 Å². The first kappa shape index (κ1) is 54.7. The van der Waals surface area contributed by atoms with Crippen molar-refractivity contribution in [1.29, 1.82) is 0 Å². The van der Waals surface area contributed by atoms with Gasteiger partial charge in [-0.15, -0.1) is 0 Å². The first-order valence-corrected chi connectivity index (χ1v) is 21.9. The summed E-state index contributed by atoms with van der Waals surface area (Å²) in [5.74, 6) is 0. The van der Waals surface area contributed by atoms with E-state index in [0.717, 1.165) is 19.3 Å². The Kier molecular flexibility index (Phi) is 62.8. The van der Waals surface area contributed by atoms with E-state index in [1.54, 1.807) is 0 Å². The molecule has 0 rings (SSSR count). The van der Waals surface area contributed by atoms with Crippen molar-refractivity contribution in [2.24, 2.45) is 0 Å². The number of unbranched alkanes of at least 4 members (excludes halogenated alkanes) is 23. The predicted molar refractivity (Wildman–Crippen MR) is 219 cm³/mol. The predicted octanol–water partition coefficient (Wildman–Crippen LogP) is 14.4. The molecule has 0 aromatic heterocycles. The maximum absolute atomic E-state index is 10.4. The Morgan fingerprint density at radius 1 is 0.429 bits per heavy atom. The van der Waals surface area contributed by atoms with Gasteiger partial charge in [0.25, 0.3) is 12.9 Å². The molecule has 298 valence electrons. The van der Waals surface area contributed by atoms with E-state index in [1.165, 1.54) is 186 Å². The highest BCUT2D eigenvalue weighted by Gasteiger charge is 2.08. The third kappa shape index (κ3) is 59.4. The van der Waals surface area contributed by atoms with E-state index in [2.05, 4.69) is 51.3 Å². The summed E-state index contributed by atoms with van der Waals surface area (Å²) < 4.78 is 9.68. The standard InChI is InChI=1S/C19H41N.C15H30O2.C8H16O2.C2H6/c1-4-6-8-10-12-13-15-17-19-20(3)18-16-14-11-9-7-5-2;1-3-5-7-9-11-13-15(17-14-16)12-10-8-6-4-2;1-2-3-4-5-6-7-10-8-9;1-2/h4-19H2,1-3H3;14-15H,3-13H2,1-2H3;8H,2-7H2,1H3;1-2H3. The van der Waals surface area contributed by atoms with Gasteiger partial charge in [0.15, 0.2) is 0 Å². The van der Waals surface area contributed by atoms with Crippen LogP contribution in [0.5, 0.6) is 0 Å². The van der Waals surface area contributed by atoms with Crippen LogP contribution in [-0.4, -0.2) is 50.7 Å². The Morgan fingerprint density at radius 3 is 1.08 bits per heavy atom. The number of rotatable bonds is 36. The van der Waals surface area contributed by atoms with Crippen LogP contribution in [0.25, 0.3) is 0 Å². The topological polar surface area (TPSA) is 55.8 Å². The summed E-state index contributed by atoms with van der Waals surface area (Å²) in [6.07, 6.45) is 39.7. The molecule has 0 spiro atoms. The molecule has 5 heteroatoms. The highest BCUT2D eigenvalue weighted by molar-refractivity contribution is 5.37. The minimum atomic E-state index is 0.172. The third-order valence-electron chi connectivity index (χ3n) is 8.98. The summed E-state index contributed by atoms with van der Waals surface area (Å²) in [6, 6.07) is 0. The number of carbonyl (C=O) groups excluding carboxylic acids is 2. The van der Waals surface area contributed by atoms with Crippen LogP contribution in [-0.2, 0) is 19.1 Å². The summed E-state index contributed by atoms with van der Waals surface area (Å²) in [7, 11) is 2.30. The van der Waals surface area contributed by atoms with Crippen molar-refractivity contribution < 1.29 is 19.1 Å². The molecule has 0 aliphatic carbocycles. The van der Waals surface area contributed by atoms with E-state index in [1.807, 2.05) is 13.8 Å². The van der Waals surface area contributed by atoms with Crippen molar-refractivity contribution in [3.63, 3.8) is 0 Å². The molecule has 0 fully saturated rings. The Hall–Kier alpha value is -1.10. The summed E-state index contributed by atoms with van der Waals surface area (Å²) in [5, 5.41) is 0. The van der Waals surface area contributed by atoms with Gasteiger partial charge in [0, 0.05) is 0 Å². The quantitative estimate of drug-likeness (QED) is 0.0481. The zero-order valence-corrected chi connectivity index (χ0v) is 35.1. The van der Waals surface area contributed by atoms with Crippen LogP contribution >= 0.6 is 0 Å². The molecule has 0 N–H and O–H groups in total. The summed E-state index contributed by atoms with van der Waals surface area (Å²) in [4.78, 5) is 22.6. The maximum Gasteiger partial charge on any atom is 0.293 e. The average Bonchev–Trinajstić information content (AvgIpc) is 3.12. The highest BCUT2D eigenvalue weighted by atomic mass is 16.5. The summed E-state index contributed by atoms with van der Waals surface area (Å²) in [6.45, 7) is 19.6. The summed E-state index contributed by atoms with van der Waals surface area (Å²) >= 11 is 0. The van der Waals surface area contributed by atoms with Crippen LogP contribution in [0.3, 0.4) is 0 Å². The van der Waals surface area contributed by atoms with Gasteiger partial charge in [-0.25, -0.2) is 0 Å². The van der Waals surface area contributed by atoms with E-state index in [-0.39, 0.29) is 6.10 Å². The van der Waals surface area contributed by atoms with Crippen LogP contribution in [0.15, 0.2) is 0 Å². The normalized spacial score (nSPS) is 11.0. The average molecular weight is 700 g/mol. The fourth-order valence-corrected chi connectivity index (χ4v) is 5.76. The van der Waals surface area contributed by atoms with E-state index in [4.69, 9.17) is 4.74 Å². The molecule has 0 aliphatic rings. The molecular formula is C44H93NO4. The fraction of sp³-hybridized carbons (Fsp3) is 0.955. The second-order valence-electron chi connectivity index (χ2n) is 13.8. The lowest BCUT2D eigenvalue weighted by atomic mass is 10.0. The second kappa shape index (κ2) is 56.3. The molecule has 1 unspecified atom stereocenters. The van der Waals surface area contributed by atoms with Gasteiger partial charge in [-0.3, -0.25) is 9.59 Å². The van der Waals surface area contributed by atoms with Crippen LogP contribution in [0.2, 0.25) is 0 Å². The lowest BCUT2D eigenvalue weighted by Gasteiger charge is -2.16. The summed E-state index contributed by atoms with van der Waals surface area (Å²) in [5.41, 5.74) is 0. The van der Waals surface area contributed by atoms with E-state index in [0.29, 0.717) is 19.6 Å². The molecule has 0 aromatic rings. The molecule has 0 aromatic carbocycles. The van der Waals surface area contributed by atoms with Crippen molar-refractivity contribution in [2.75, 3.05) is 26.7 Å². The van der Waals surface area contributed by atoms with Gasteiger partial charge in [-0.1, -0.05) is 196 Å². The lowest BCUT2D eigenvalue weighted by Crippen LogP contribution is -2.20. The van der Waals surface area contributed by atoms with Gasteiger partial charge in [0.2, 0.25) is 0 Å². The number of hydrogen-bond acceptors (Lipinski definition) is 5. The molecule has 0 heterocycles. The SMILES string of the molecule is CC.CCCCCCCC(CCCCCC)OC=O.CCCCCCCCCCN(C)CCCCCCCC.CCCCCCCOC=O. The Bertz CT molecular complexity index is 545. The minimum absolute atomic E-state index is 0.172. The van der Waals surface area contributed by atoms with E-state index in [9.17, 15) is 9.59 Å². The molecule has 0 amide bonds. The van der Waals surface area contributed by atoms with Gasteiger partial charge in [-0.05, 0) is 65.1 Å². The molecule has 0 saturated carbocycles. The zero-order chi connectivity index (χ0) is 37.3. The zero-order valence-electron chi connectivity index (χ0n) is 35.1. The molecule has 0 aliphatic heterocycles. The van der Waals surface area contributed by atoms with Crippen LogP contribution in [0.4, 0.5) is 0 Å². The number of nitrogens with zero attached hydrogens (tertiary/aromatic N) is 1. The van der Waals surface area contributed by atoms with Crippen LogP contribution < -0.4 is 0 Å². The third-order valence-corrected chi connectivity index (χ3v) is 8.98. The second-order valence-corrected chi connectivity index (χ2v) is 13.8. The van der Waals surface area contributed by atoms with Crippen molar-refractivity contribution in [3.8, 4) is 0 Å². The fourth-order valence-electron chi connectivity index (χ4n) is 5.76.